The average molecular weight is 465 g/mol. The van der Waals surface area contributed by atoms with E-state index in [4.69, 9.17) is 27.9 Å². The lowest BCUT2D eigenvalue weighted by molar-refractivity contribution is -0.143. The number of carbonyl (C=O) groups excluding carboxylic acids is 2. The molecule has 0 radical (unpaired) electrons. The van der Waals surface area contributed by atoms with Gasteiger partial charge in [-0.1, -0.05) is 67.2 Å². The third-order valence-electron chi connectivity index (χ3n) is 4.95. The van der Waals surface area contributed by atoms with Gasteiger partial charge in [-0.2, -0.15) is 0 Å². The van der Waals surface area contributed by atoms with Crippen LogP contribution in [0.5, 0.6) is 5.75 Å². The third-order valence-corrected chi connectivity index (χ3v) is 5.54. The van der Waals surface area contributed by atoms with Crippen molar-refractivity contribution in [2.24, 2.45) is 0 Å². The van der Waals surface area contributed by atoms with Crippen LogP contribution in [0.25, 0.3) is 0 Å². The minimum atomic E-state index is -0.627. The molecule has 1 unspecified atom stereocenters. The molecule has 0 saturated heterocycles. The van der Waals surface area contributed by atoms with E-state index >= 15 is 0 Å². The highest BCUT2D eigenvalue weighted by Crippen LogP contribution is 2.24. The maximum atomic E-state index is 13.2. The summed E-state index contributed by atoms with van der Waals surface area (Å²) in [5.74, 6) is 0.137. The molecule has 2 aromatic carbocycles. The fraction of sp³-hybridized carbons (Fsp3) is 0.417. The Balaban J connectivity index is 2.20. The molecule has 2 aromatic rings. The molecule has 0 bridgehead atoms. The molecule has 5 nitrogen and oxygen atoms in total. The van der Waals surface area contributed by atoms with E-state index in [1.165, 1.54) is 4.90 Å². The van der Waals surface area contributed by atoms with Gasteiger partial charge < -0.3 is 15.0 Å². The second-order valence-electron chi connectivity index (χ2n) is 7.43. The Hall–Kier alpha value is -2.24. The Morgan fingerprint density at radius 1 is 1.10 bits per heavy atom. The summed E-state index contributed by atoms with van der Waals surface area (Å²) in [4.78, 5) is 27.5. The van der Waals surface area contributed by atoms with Gasteiger partial charge in [-0.15, -0.1) is 0 Å². The lowest BCUT2D eigenvalue weighted by atomic mass is 10.1. The van der Waals surface area contributed by atoms with Crippen LogP contribution < -0.4 is 10.1 Å². The molecular weight excluding hydrogens is 435 g/mol. The highest BCUT2D eigenvalue weighted by atomic mass is 35.5. The largest absolute Gasteiger partial charge is 0.484 e. The summed E-state index contributed by atoms with van der Waals surface area (Å²) in [6, 6.07) is 12.0. The molecule has 0 aromatic heterocycles. The van der Waals surface area contributed by atoms with Crippen molar-refractivity contribution in [3.05, 3.63) is 63.6 Å². The van der Waals surface area contributed by atoms with Gasteiger partial charge in [0.05, 0.1) is 0 Å². The minimum absolute atomic E-state index is 0.174. The topological polar surface area (TPSA) is 58.6 Å². The zero-order valence-electron chi connectivity index (χ0n) is 18.3. The van der Waals surface area contributed by atoms with Gasteiger partial charge in [-0.25, -0.2) is 0 Å². The third kappa shape index (κ3) is 7.75. The molecule has 0 aliphatic rings. The first-order chi connectivity index (χ1) is 14.8. The number of aryl methyl sites for hydroxylation is 1. The molecule has 0 heterocycles. The predicted octanol–water partition coefficient (Wildman–Crippen LogP) is 5.40. The number of unbranched alkanes of at least 4 members (excludes halogenated alkanes) is 1. The van der Waals surface area contributed by atoms with E-state index in [2.05, 4.69) is 12.2 Å². The van der Waals surface area contributed by atoms with Crippen LogP contribution >= 0.6 is 23.2 Å². The molecule has 0 saturated carbocycles. The quantitative estimate of drug-likeness (QED) is 0.452. The summed E-state index contributed by atoms with van der Waals surface area (Å²) >= 11 is 12.3. The van der Waals surface area contributed by atoms with E-state index in [9.17, 15) is 9.59 Å². The zero-order valence-corrected chi connectivity index (χ0v) is 19.8. The van der Waals surface area contributed by atoms with Crippen LogP contribution in [-0.4, -0.2) is 35.9 Å². The number of halogens is 2. The van der Waals surface area contributed by atoms with E-state index in [0.717, 1.165) is 24.0 Å². The number of carbonyl (C=O) groups is 2. The van der Waals surface area contributed by atoms with E-state index in [1.54, 1.807) is 18.2 Å². The maximum absolute atomic E-state index is 13.2. The molecule has 0 fully saturated rings. The summed E-state index contributed by atoms with van der Waals surface area (Å²) in [7, 11) is 0. The van der Waals surface area contributed by atoms with Gasteiger partial charge in [0.1, 0.15) is 11.8 Å². The number of hydrogen-bond donors (Lipinski definition) is 1. The Kier molecular flexibility index (Phi) is 10.2. The van der Waals surface area contributed by atoms with Crippen LogP contribution in [-0.2, 0) is 16.1 Å². The molecule has 0 aliphatic heterocycles. The highest BCUT2D eigenvalue weighted by Gasteiger charge is 2.29. The number of amides is 2. The van der Waals surface area contributed by atoms with E-state index in [1.807, 2.05) is 38.1 Å². The van der Waals surface area contributed by atoms with Crippen molar-refractivity contribution in [3.63, 3.8) is 0 Å². The molecule has 2 amide bonds. The van der Waals surface area contributed by atoms with Crippen LogP contribution in [0.3, 0.4) is 0 Å². The second-order valence-corrected chi connectivity index (χ2v) is 8.27. The smallest absolute Gasteiger partial charge is 0.261 e. The number of rotatable bonds is 11. The average Bonchev–Trinajstić information content (AvgIpc) is 2.74. The number of ether oxygens (including phenoxy) is 1. The maximum Gasteiger partial charge on any atom is 0.261 e. The van der Waals surface area contributed by atoms with Gasteiger partial charge in [0, 0.05) is 23.1 Å². The van der Waals surface area contributed by atoms with Crippen molar-refractivity contribution < 1.29 is 14.3 Å². The first-order valence-corrected chi connectivity index (χ1v) is 11.3. The van der Waals surface area contributed by atoms with Crippen molar-refractivity contribution in [2.45, 2.75) is 52.6 Å². The van der Waals surface area contributed by atoms with Crippen molar-refractivity contribution >= 4 is 35.0 Å². The normalized spacial score (nSPS) is 11.6. The molecule has 1 atom stereocenters. The minimum Gasteiger partial charge on any atom is -0.484 e. The standard InChI is InChI=1S/C24H30Cl2N2O3/c1-4-6-13-27-24(30)22(5-2)28(15-18-9-10-19(25)14-21(18)26)23(29)16-31-20-11-7-17(3)8-12-20/h7-12,14,22H,4-6,13,15-16H2,1-3H3,(H,27,30). The zero-order chi connectivity index (χ0) is 22.8. The first kappa shape index (κ1) is 25.0. The van der Waals surface area contributed by atoms with E-state index in [-0.39, 0.29) is 25.0 Å². The summed E-state index contributed by atoms with van der Waals surface area (Å²) in [5, 5.41) is 3.89. The van der Waals surface area contributed by atoms with Crippen LogP contribution in [0.15, 0.2) is 42.5 Å². The molecule has 31 heavy (non-hydrogen) atoms. The highest BCUT2D eigenvalue weighted by molar-refractivity contribution is 6.35. The lowest BCUT2D eigenvalue weighted by Crippen LogP contribution is -2.50. The van der Waals surface area contributed by atoms with E-state index in [0.29, 0.717) is 28.8 Å². The second kappa shape index (κ2) is 12.6. The fourth-order valence-electron chi connectivity index (χ4n) is 3.12. The molecule has 0 spiro atoms. The summed E-state index contributed by atoms with van der Waals surface area (Å²) in [5.41, 5.74) is 1.82. The Bertz CT molecular complexity index is 872. The number of nitrogens with one attached hydrogen (secondary N) is 1. The Labute approximate surface area is 194 Å². The van der Waals surface area contributed by atoms with Crippen molar-refractivity contribution in [1.29, 1.82) is 0 Å². The monoisotopic (exact) mass is 464 g/mol. The lowest BCUT2D eigenvalue weighted by Gasteiger charge is -2.31. The molecular formula is C24H30Cl2N2O3. The Morgan fingerprint density at radius 2 is 1.81 bits per heavy atom. The van der Waals surface area contributed by atoms with Crippen molar-refractivity contribution in [3.8, 4) is 5.75 Å². The molecule has 7 heteroatoms. The number of hydrogen-bond acceptors (Lipinski definition) is 3. The predicted molar refractivity (Wildman–Crippen MR) is 126 cm³/mol. The van der Waals surface area contributed by atoms with Crippen LogP contribution in [0, 0.1) is 6.92 Å². The van der Waals surface area contributed by atoms with Crippen LogP contribution in [0.1, 0.15) is 44.2 Å². The summed E-state index contributed by atoms with van der Waals surface area (Å²) in [6.07, 6.45) is 2.33. The number of nitrogens with zero attached hydrogens (tertiary/aromatic N) is 1. The van der Waals surface area contributed by atoms with Gasteiger partial charge in [0.15, 0.2) is 6.61 Å². The van der Waals surface area contributed by atoms with Gasteiger partial charge >= 0.3 is 0 Å². The SMILES string of the molecule is CCCCNC(=O)C(CC)N(Cc1ccc(Cl)cc1Cl)C(=O)COc1ccc(C)cc1. The van der Waals surface area contributed by atoms with Crippen molar-refractivity contribution in [2.75, 3.05) is 13.2 Å². The fourth-order valence-corrected chi connectivity index (χ4v) is 3.59. The molecule has 2 rings (SSSR count). The van der Waals surface area contributed by atoms with Gasteiger partial charge in [-0.05, 0) is 49.6 Å². The first-order valence-electron chi connectivity index (χ1n) is 10.6. The van der Waals surface area contributed by atoms with E-state index < -0.39 is 6.04 Å². The van der Waals surface area contributed by atoms with Gasteiger partial charge in [-0.3, -0.25) is 9.59 Å². The van der Waals surface area contributed by atoms with Crippen LogP contribution in [0.4, 0.5) is 0 Å². The summed E-state index contributed by atoms with van der Waals surface area (Å²) in [6.45, 7) is 6.52. The summed E-state index contributed by atoms with van der Waals surface area (Å²) < 4.78 is 5.69. The van der Waals surface area contributed by atoms with Gasteiger partial charge in [0.2, 0.25) is 5.91 Å². The molecule has 0 aliphatic carbocycles. The molecule has 168 valence electrons. The number of benzene rings is 2. The van der Waals surface area contributed by atoms with Crippen LogP contribution in [0.2, 0.25) is 10.0 Å². The Morgan fingerprint density at radius 3 is 2.42 bits per heavy atom. The van der Waals surface area contributed by atoms with Gasteiger partial charge in [0.25, 0.3) is 5.91 Å². The molecule has 1 N–H and O–H groups in total. The van der Waals surface area contributed by atoms with Crippen molar-refractivity contribution in [1.82, 2.24) is 10.2 Å².